The molecular weight excluding hydrogens is 362 g/mol. The third-order valence-corrected chi connectivity index (χ3v) is 7.24. The van der Waals surface area contributed by atoms with E-state index < -0.39 is 0 Å². The van der Waals surface area contributed by atoms with Crippen LogP contribution in [0, 0.1) is 0 Å². The quantitative estimate of drug-likeness (QED) is 0.622. The van der Waals surface area contributed by atoms with Crippen molar-refractivity contribution in [1.29, 1.82) is 0 Å². The summed E-state index contributed by atoms with van der Waals surface area (Å²) in [6.07, 6.45) is 6.06. The normalized spacial score (nSPS) is 21.7. The molecule has 2 aromatic carbocycles. The summed E-state index contributed by atoms with van der Waals surface area (Å²) >= 11 is 1.84. The second-order valence-electron chi connectivity index (χ2n) is 7.94. The highest BCUT2D eigenvalue weighted by Crippen LogP contribution is 2.34. The Labute approximate surface area is 171 Å². The van der Waals surface area contributed by atoms with Gasteiger partial charge in [0, 0.05) is 38.8 Å². The molecule has 0 amide bonds. The number of rotatable bonds is 4. The van der Waals surface area contributed by atoms with E-state index in [0.29, 0.717) is 6.04 Å². The molecule has 4 heteroatoms. The maximum Gasteiger partial charge on any atom is 0.120 e. The first kappa shape index (κ1) is 18.0. The third-order valence-electron chi connectivity index (χ3n) is 6.12. The van der Waals surface area contributed by atoms with Gasteiger partial charge < -0.3 is 0 Å². The van der Waals surface area contributed by atoms with Crippen molar-refractivity contribution in [3.05, 3.63) is 71.2 Å². The molecular formula is C24H27N3S. The number of hydrogen-bond donors (Lipinski definition) is 0. The number of hydrogen-bond acceptors (Lipinski definition) is 4. The molecule has 0 spiro atoms. The minimum atomic E-state index is 0.706. The number of piperazine rings is 1. The van der Waals surface area contributed by atoms with E-state index in [-0.39, 0.29) is 0 Å². The van der Waals surface area contributed by atoms with E-state index in [1.807, 2.05) is 11.3 Å². The second kappa shape index (κ2) is 8.16. The van der Waals surface area contributed by atoms with Crippen LogP contribution in [0.5, 0.6) is 0 Å². The molecule has 28 heavy (non-hydrogen) atoms. The Balaban J connectivity index is 1.17. The SMILES string of the molecule is C1=C(c2nc3ccccc3s2)CCC(N2CCN(Cc3ccccc3)CC2)C1. The van der Waals surface area contributed by atoms with Crippen LogP contribution in [-0.4, -0.2) is 47.0 Å². The average molecular weight is 390 g/mol. The Morgan fingerprint density at radius 3 is 2.46 bits per heavy atom. The minimum Gasteiger partial charge on any atom is -0.298 e. The van der Waals surface area contributed by atoms with Gasteiger partial charge in [0.2, 0.25) is 0 Å². The standard InChI is InChI=1S/C24H27N3S/c1-2-6-19(7-3-1)18-26-14-16-27(17-15-26)21-12-10-20(11-13-21)24-25-22-8-4-5-9-23(22)28-24/h1-10,21H,11-18H2. The van der Waals surface area contributed by atoms with Crippen LogP contribution in [0.15, 0.2) is 60.7 Å². The van der Waals surface area contributed by atoms with Gasteiger partial charge in [-0.1, -0.05) is 48.5 Å². The van der Waals surface area contributed by atoms with Crippen molar-refractivity contribution in [3.63, 3.8) is 0 Å². The number of benzene rings is 2. The molecule has 2 heterocycles. The lowest BCUT2D eigenvalue weighted by Crippen LogP contribution is -2.50. The molecule has 1 unspecified atom stereocenters. The van der Waals surface area contributed by atoms with Crippen molar-refractivity contribution in [2.75, 3.05) is 26.2 Å². The molecule has 0 saturated carbocycles. The van der Waals surface area contributed by atoms with Crippen LogP contribution in [0.4, 0.5) is 0 Å². The molecule has 0 N–H and O–H groups in total. The number of nitrogens with zero attached hydrogens (tertiary/aromatic N) is 3. The first-order valence-corrected chi connectivity index (χ1v) is 11.2. The van der Waals surface area contributed by atoms with E-state index in [2.05, 4.69) is 70.5 Å². The van der Waals surface area contributed by atoms with Crippen molar-refractivity contribution >= 4 is 27.1 Å². The summed E-state index contributed by atoms with van der Waals surface area (Å²) in [6, 6.07) is 20.0. The summed E-state index contributed by atoms with van der Waals surface area (Å²) in [7, 11) is 0. The van der Waals surface area contributed by atoms with E-state index in [1.54, 1.807) is 0 Å². The Bertz CT molecular complexity index is 921. The number of thiazole rings is 1. The lowest BCUT2D eigenvalue weighted by Gasteiger charge is -2.40. The Kier molecular flexibility index (Phi) is 5.26. The highest BCUT2D eigenvalue weighted by molar-refractivity contribution is 7.19. The summed E-state index contributed by atoms with van der Waals surface area (Å²) in [5.41, 5.74) is 4.03. The van der Waals surface area contributed by atoms with E-state index in [9.17, 15) is 0 Å². The fraction of sp³-hybridized carbons (Fsp3) is 0.375. The highest BCUT2D eigenvalue weighted by atomic mass is 32.1. The van der Waals surface area contributed by atoms with E-state index >= 15 is 0 Å². The molecule has 1 fully saturated rings. The zero-order chi connectivity index (χ0) is 18.8. The Morgan fingerprint density at radius 2 is 1.71 bits per heavy atom. The van der Waals surface area contributed by atoms with Crippen LogP contribution < -0.4 is 0 Å². The molecule has 2 aliphatic rings. The molecule has 0 bridgehead atoms. The maximum atomic E-state index is 4.85. The van der Waals surface area contributed by atoms with Gasteiger partial charge in [-0.2, -0.15) is 0 Å². The summed E-state index contributed by atoms with van der Waals surface area (Å²) in [4.78, 5) is 10.2. The zero-order valence-corrected chi connectivity index (χ0v) is 17.1. The van der Waals surface area contributed by atoms with E-state index in [0.717, 1.165) is 18.5 Å². The molecule has 1 atom stereocenters. The van der Waals surface area contributed by atoms with E-state index in [4.69, 9.17) is 4.98 Å². The monoisotopic (exact) mass is 389 g/mol. The van der Waals surface area contributed by atoms with Gasteiger partial charge >= 0.3 is 0 Å². The lowest BCUT2D eigenvalue weighted by molar-refractivity contribution is 0.0881. The average Bonchev–Trinajstić information content (AvgIpc) is 3.20. The molecule has 3 aromatic rings. The summed E-state index contributed by atoms with van der Waals surface area (Å²) < 4.78 is 1.30. The molecule has 1 aliphatic carbocycles. The topological polar surface area (TPSA) is 19.4 Å². The smallest absolute Gasteiger partial charge is 0.120 e. The number of fused-ring (bicyclic) bond motifs is 1. The minimum absolute atomic E-state index is 0.706. The molecule has 144 valence electrons. The lowest BCUT2D eigenvalue weighted by atomic mass is 9.94. The predicted molar refractivity (Wildman–Crippen MR) is 119 cm³/mol. The molecule has 0 radical (unpaired) electrons. The van der Waals surface area contributed by atoms with Crippen LogP contribution in [0.25, 0.3) is 15.8 Å². The van der Waals surface area contributed by atoms with Crippen LogP contribution in [0.1, 0.15) is 29.8 Å². The van der Waals surface area contributed by atoms with Gasteiger partial charge in [-0.05, 0) is 42.5 Å². The van der Waals surface area contributed by atoms with Gasteiger partial charge in [0.1, 0.15) is 5.01 Å². The number of allylic oxidation sites excluding steroid dienone is 1. The van der Waals surface area contributed by atoms with Gasteiger partial charge in [0.25, 0.3) is 0 Å². The molecule has 1 aliphatic heterocycles. The first-order chi connectivity index (χ1) is 13.8. The van der Waals surface area contributed by atoms with Gasteiger partial charge in [-0.3, -0.25) is 9.80 Å². The molecule has 1 saturated heterocycles. The predicted octanol–water partition coefficient (Wildman–Crippen LogP) is 5.05. The second-order valence-corrected chi connectivity index (χ2v) is 8.97. The molecule has 5 rings (SSSR count). The summed E-state index contributed by atoms with van der Waals surface area (Å²) in [6.45, 7) is 5.84. The zero-order valence-electron chi connectivity index (χ0n) is 16.3. The Hall–Kier alpha value is -2.01. The van der Waals surface area contributed by atoms with E-state index in [1.165, 1.54) is 59.9 Å². The van der Waals surface area contributed by atoms with Crippen LogP contribution in [-0.2, 0) is 6.54 Å². The highest BCUT2D eigenvalue weighted by Gasteiger charge is 2.26. The van der Waals surface area contributed by atoms with Crippen LogP contribution >= 0.6 is 11.3 Å². The summed E-state index contributed by atoms with van der Waals surface area (Å²) in [5, 5.41) is 1.23. The first-order valence-electron chi connectivity index (χ1n) is 10.4. The largest absolute Gasteiger partial charge is 0.298 e. The van der Waals surface area contributed by atoms with Crippen molar-refractivity contribution in [3.8, 4) is 0 Å². The van der Waals surface area contributed by atoms with Crippen LogP contribution in [0.2, 0.25) is 0 Å². The van der Waals surface area contributed by atoms with Crippen molar-refractivity contribution in [2.45, 2.75) is 31.8 Å². The van der Waals surface area contributed by atoms with Gasteiger partial charge in [-0.25, -0.2) is 4.98 Å². The molecule has 3 nitrogen and oxygen atoms in total. The van der Waals surface area contributed by atoms with Crippen LogP contribution in [0.3, 0.4) is 0 Å². The molecule has 1 aromatic heterocycles. The van der Waals surface area contributed by atoms with Gasteiger partial charge in [-0.15, -0.1) is 11.3 Å². The van der Waals surface area contributed by atoms with Crippen molar-refractivity contribution in [2.24, 2.45) is 0 Å². The van der Waals surface area contributed by atoms with Crippen molar-refractivity contribution < 1.29 is 0 Å². The van der Waals surface area contributed by atoms with Crippen molar-refractivity contribution in [1.82, 2.24) is 14.8 Å². The summed E-state index contributed by atoms with van der Waals surface area (Å²) in [5.74, 6) is 0. The fourth-order valence-electron chi connectivity index (χ4n) is 4.48. The third kappa shape index (κ3) is 3.90. The Morgan fingerprint density at radius 1 is 0.929 bits per heavy atom. The maximum absolute atomic E-state index is 4.85. The van der Waals surface area contributed by atoms with Gasteiger partial charge in [0.15, 0.2) is 0 Å². The number of para-hydroxylation sites is 1. The van der Waals surface area contributed by atoms with Gasteiger partial charge in [0.05, 0.1) is 10.2 Å². The number of aromatic nitrogens is 1. The fourth-order valence-corrected chi connectivity index (χ4v) is 5.52.